The van der Waals surface area contributed by atoms with Gasteiger partial charge in [0.15, 0.2) is 0 Å². The van der Waals surface area contributed by atoms with Crippen LogP contribution in [0.4, 0.5) is 0 Å². The molecule has 0 saturated heterocycles. The number of nitrogens with one attached hydrogen (secondary N) is 1. The van der Waals surface area contributed by atoms with Crippen molar-refractivity contribution in [3.8, 4) is 11.3 Å². The third kappa shape index (κ3) is 2.36. The van der Waals surface area contributed by atoms with Crippen LogP contribution in [-0.2, 0) is 0 Å². The summed E-state index contributed by atoms with van der Waals surface area (Å²) in [6.45, 7) is 0. The van der Waals surface area contributed by atoms with Crippen LogP contribution < -0.4 is 10.7 Å². The fraction of sp³-hybridized carbons (Fsp3) is 0.0500. The first-order chi connectivity index (χ1) is 11.3. The highest BCUT2D eigenvalue weighted by molar-refractivity contribution is 5.87. The van der Waals surface area contributed by atoms with E-state index in [1.165, 1.54) is 0 Å². The summed E-state index contributed by atoms with van der Waals surface area (Å²) in [7, 11) is 0. The van der Waals surface area contributed by atoms with E-state index in [0.717, 1.165) is 17.7 Å². The highest BCUT2D eigenvalue weighted by atomic mass is 16.3. The second-order valence-electron chi connectivity index (χ2n) is 5.40. The number of dihydropyridines is 1. The third-order valence-corrected chi connectivity index (χ3v) is 3.92. The van der Waals surface area contributed by atoms with E-state index in [9.17, 15) is 4.79 Å². The highest BCUT2D eigenvalue weighted by Gasteiger charge is 2.19. The van der Waals surface area contributed by atoms with E-state index in [1.807, 2.05) is 66.9 Å². The van der Waals surface area contributed by atoms with Crippen LogP contribution in [0.5, 0.6) is 0 Å². The smallest absolute Gasteiger partial charge is 0.202 e. The van der Waals surface area contributed by atoms with Crippen LogP contribution in [0.1, 0.15) is 12.0 Å². The molecule has 0 bridgehead atoms. The number of hydrogen-bond acceptors (Lipinski definition) is 3. The van der Waals surface area contributed by atoms with Gasteiger partial charge in [0.05, 0.1) is 10.9 Å². The standard InChI is InChI=1S/C20H15NO2/c22-19-15-10-4-5-12-17(15)23-20(14-8-2-1-3-9-14)18(19)16-11-6-7-13-21-16/h1-5,7-13,21H,6H2. The van der Waals surface area contributed by atoms with E-state index in [4.69, 9.17) is 4.42 Å². The molecule has 0 radical (unpaired) electrons. The van der Waals surface area contributed by atoms with Gasteiger partial charge in [-0.2, -0.15) is 0 Å². The van der Waals surface area contributed by atoms with E-state index in [2.05, 4.69) is 5.32 Å². The molecule has 3 heteroatoms. The summed E-state index contributed by atoms with van der Waals surface area (Å²) >= 11 is 0. The van der Waals surface area contributed by atoms with Crippen molar-refractivity contribution >= 4 is 16.7 Å². The lowest BCUT2D eigenvalue weighted by Gasteiger charge is -2.15. The molecular formula is C20H15NO2. The van der Waals surface area contributed by atoms with Crippen molar-refractivity contribution in [1.82, 2.24) is 5.32 Å². The number of rotatable bonds is 2. The highest BCUT2D eigenvalue weighted by Crippen LogP contribution is 2.29. The Hall–Kier alpha value is -3.07. The molecule has 0 saturated carbocycles. The Morgan fingerprint density at radius 2 is 1.74 bits per heavy atom. The molecule has 3 aromatic rings. The molecule has 0 amide bonds. The summed E-state index contributed by atoms with van der Waals surface area (Å²) in [5.41, 5.74) is 2.86. The average Bonchev–Trinajstić information content (AvgIpc) is 2.63. The van der Waals surface area contributed by atoms with Crippen molar-refractivity contribution in [3.63, 3.8) is 0 Å². The monoisotopic (exact) mass is 301 g/mol. The van der Waals surface area contributed by atoms with Gasteiger partial charge in [-0.1, -0.05) is 54.6 Å². The summed E-state index contributed by atoms with van der Waals surface area (Å²) in [5.74, 6) is 0.600. The van der Waals surface area contributed by atoms with Crippen LogP contribution in [0.3, 0.4) is 0 Å². The molecule has 23 heavy (non-hydrogen) atoms. The van der Waals surface area contributed by atoms with Gasteiger partial charge in [0, 0.05) is 11.3 Å². The fourth-order valence-electron chi connectivity index (χ4n) is 2.82. The Morgan fingerprint density at radius 3 is 2.52 bits per heavy atom. The Labute approximate surface area is 133 Å². The first kappa shape index (κ1) is 13.6. The fourth-order valence-corrected chi connectivity index (χ4v) is 2.82. The van der Waals surface area contributed by atoms with Gasteiger partial charge in [-0.3, -0.25) is 4.79 Å². The van der Waals surface area contributed by atoms with Gasteiger partial charge in [0.1, 0.15) is 11.3 Å². The molecule has 0 unspecified atom stereocenters. The summed E-state index contributed by atoms with van der Waals surface area (Å²) < 4.78 is 6.11. The SMILES string of the molecule is O=c1c(C2=CCC=CN2)c(-c2ccccc2)oc2ccccc12. The van der Waals surface area contributed by atoms with Crippen molar-refractivity contribution in [2.24, 2.45) is 0 Å². The molecule has 1 aliphatic rings. The van der Waals surface area contributed by atoms with Crippen molar-refractivity contribution in [3.05, 3.63) is 88.7 Å². The third-order valence-electron chi connectivity index (χ3n) is 3.92. The Kier molecular flexibility index (Phi) is 3.31. The largest absolute Gasteiger partial charge is 0.455 e. The molecule has 2 heterocycles. The molecule has 3 nitrogen and oxygen atoms in total. The van der Waals surface area contributed by atoms with Gasteiger partial charge in [-0.15, -0.1) is 0 Å². The van der Waals surface area contributed by atoms with Crippen LogP contribution in [0.25, 0.3) is 28.0 Å². The van der Waals surface area contributed by atoms with Gasteiger partial charge in [-0.05, 0) is 24.8 Å². The van der Waals surface area contributed by atoms with Crippen LogP contribution in [0.2, 0.25) is 0 Å². The summed E-state index contributed by atoms with van der Waals surface area (Å²) in [5, 5.41) is 3.77. The molecular weight excluding hydrogens is 286 g/mol. The molecule has 1 aliphatic heterocycles. The first-order valence-corrected chi connectivity index (χ1v) is 7.58. The number of hydrogen-bond donors (Lipinski definition) is 1. The van der Waals surface area contributed by atoms with Gasteiger partial charge in [0.2, 0.25) is 5.43 Å². The van der Waals surface area contributed by atoms with Gasteiger partial charge < -0.3 is 9.73 Å². The van der Waals surface area contributed by atoms with Crippen LogP contribution >= 0.6 is 0 Å². The van der Waals surface area contributed by atoms with E-state index < -0.39 is 0 Å². The lowest BCUT2D eigenvalue weighted by molar-refractivity contribution is 0.616. The van der Waals surface area contributed by atoms with Crippen LogP contribution in [0.15, 0.2) is 82.2 Å². The van der Waals surface area contributed by atoms with Gasteiger partial charge in [-0.25, -0.2) is 0 Å². The van der Waals surface area contributed by atoms with Crippen LogP contribution in [0, 0.1) is 0 Å². The van der Waals surface area contributed by atoms with Crippen molar-refractivity contribution in [2.45, 2.75) is 6.42 Å². The number of fused-ring (bicyclic) bond motifs is 1. The maximum absolute atomic E-state index is 13.1. The second kappa shape index (κ2) is 5.61. The van der Waals surface area contributed by atoms with Crippen molar-refractivity contribution in [2.75, 3.05) is 0 Å². The number of benzene rings is 2. The predicted molar refractivity (Wildman–Crippen MR) is 92.8 cm³/mol. The summed E-state index contributed by atoms with van der Waals surface area (Å²) in [6.07, 6.45) is 6.67. The van der Waals surface area contributed by atoms with Gasteiger partial charge >= 0.3 is 0 Å². The molecule has 0 fully saturated rings. The summed E-state index contributed by atoms with van der Waals surface area (Å²) in [4.78, 5) is 13.1. The topological polar surface area (TPSA) is 42.2 Å². The summed E-state index contributed by atoms with van der Waals surface area (Å²) in [6, 6.07) is 17.1. The molecule has 1 aromatic heterocycles. The first-order valence-electron chi connectivity index (χ1n) is 7.58. The van der Waals surface area contributed by atoms with Gasteiger partial charge in [0.25, 0.3) is 0 Å². The van der Waals surface area contributed by atoms with Crippen molar-refractivity contribution in [1.29, 1.82) is 0 Å². The number of allylic oxidation sites excluding steroid dienone is 2. The Balaban J connectivity index is 2.07. The Morgan fingerprint density at radius 1 is 0.957 bits per heavy atom. The zero-order valence-electron chi connectivity index (χ0n) is 12.5. The molecule has 4 rings (SSSR count). The zero-order chi connectivity index (χ0) is 15.6. The van der Waals surface area contributed by atoms with E-state index in [0.29, 0.717) is 22.3 Å². The zero-order valence-corrected chi connectivity index (χ0v) is 12.5. The lowest BCUT2D eigenvalue weighted by atomic mass is 10.0. The van der Waals surface area contributed by atoms with Crippen LogP contribution in [-0.4, -0.2) is 0 Å². The Bertz CT molecular complexity index is 981. The molecule has 112 valence electrons. The maximum Gasteiger partial charge on any atom is 0.202 e. The maximum atomic E-state index is 13.1. The second-order valence-corrected chi connectivity index (χ2v) is 5.40. The molecule has 1 N–H and O–H groups in total. The van der Waals surface area contributed by atoms with E-state index in [1.54, 1.807) is 6.07 Å². The minimum atomic E-state index is -0.0141. The molecule has 0 atom stereocenters. The average molecular weight is 301 g/mol. The molecule has 2 aromatic carbocycles. The van der Waals surface area contributed by atoms with Crippen molar-refractivity contribution < 1.29 is 4.42 Å². The quantitative estimate of drug-likeness (QED) is 0.767. The van der Waals surface area contributed by atoms with E-state index >= 15 is 0 Å². The molecule has 0 aliphatic carbocycles. The minimum absolute atomic E-state index is 0.0141. The number of para-hydroxylation sites is 1. The normalized spacial score (nSPS) is 13.7. The minimum Gasteiger partial charge on any atom is -0.455 e. The van der Waals surface area contributed by atoms with E-state index in [-0.39, 0.29) is 5.43 Å². The molecule has 0 spiro atoms. The lowest BCUT2D eigenvalue weighted by Crippen LogP contribution is -2.17. The predicted octanol–water partition coefficient (Wildman–Crippen LogP) is 4.31.